The van der Waals surface area contributed by atoms with Crippen molar-refractivity contribution < 1.29 is 9.13 Å². The molecule has 0 spiro atoms. The Kier molecular flexibility index (Phi) is 5.14. The third kappa shape index (κ3) is 3.67. The molecule has 0 fully saturated rings. The summed E-state index contributed by atoms with van der Waals surface area (Å²) in [5, 5.41) is 0.773. The largest absolute Gasteiger partial charge is 0.488 e. The van der Waals surface area contributed by atoms with Gasteiger partial charge in [-0.1, -0.05) is 52.7 Å². The number of hydrogen-bond donors (Lipinski definition) is 0. The summed E-state index contributed by atoms with van der Waals surface area (Å²) in [5.74, 6) is 0.0132. The van der Waals surface area contributed by atoms with E-state index in [-0.39, 0.29) is 22.8 Å². The van der Waals surface area contributed by atoms with E-state index >= 15 is 0 Å². The molecule has 0 unspecified atom stereocenters. The predicted octanol–water partition coefficient (Wildman–Crippen LogP) is 5.48. The normalized spacial score (nSPS) is 12.2. The van der Waals surface area contributed by atoms with E-state index in [2.05, 4.69) is 4.98 Å². The number of fused-ring (bicyclic) bond motifs is 3. The molecule has 0 bridgehead atoms. The van der Waals surface area contributed by atoms with Gasteiger partial charge in [-0.15, -0.1) is 0 Å². The number of aromatic nitrogens is 2. The van der Waals surface area contributed by atoms with Gasteiger partial charge in [-0.05, 0) is 48.5 Å². The fraction of sp³-hybridized carbons (Fsp3) is 0.0435. The standard InChI is InChI=1S/C23H13Cl2FN2O2S/c24-14-8-9-20(30-12-15-16(25)4-3-5-17(15)26)13(10-14)11-21-22(29)28-19-7-2-1-6-18(19)27-23(28)31-21/h1-11H,12H2. The maximum Gasteiger partial charge on any atom is 0.274 e. The first-order chi connectivity index (χ1) is 15.0. The number of hydrogen-bond acceptors (Lipinski definition) is 4. The highest BCUT2D eigenvalue weighted by Crippen LogP contribution is 2.27. The van der Waals surface area contributed by atoms with Crippen LogP contribution in [-0.4, -0.2) is 9.38 Å². The second-order valence-corrected chi connectivity index (χ2v) is 8.66. The van der Waals surface area contributed by atoms with E-state index in [0.717, 1.165) is 11.0 Å². The zero-order valence-corrected chi connectivity index (χ0v) is 18.1. The van der Waals surface area contributed by atoms with Crippen molar-refractivity contribution in [1.82, 2.24) is 9.38 Å². The zero-order chi connectivity index (χ0) is 21.5. The van der Waals surface area contributed by atoms with Crippen LogP contribution >= 0.6 is 34.5 Å². The molecule has 31 heavy (non-hydrogen) atoms. The monoisotopic (exact) mass is 470 g/mol. The van der Waals surface area contributed by atoms with Gasteiger partial charge in [-0.25, -0.2) is 13.8 Å². The summed E-state index contributed by atoms with van der Waals surface area (Å²) in [6.07, 6.45) is 1.71. The van der Waals surface area contributed by atoms with Crippen molar-refractivity contribution in [2.75, 3.05) is 0 Å². The summed E-state index contributed by atoms with van der Waals surface area (Å²) in [6.45, 7) is -0.0589. The molecule has 0 aliphatic carbocycles. The third-order valence-corrected chi connectivity index (χ3v) is 6.40. The Balaban J connectivity index is 1.58. The summed E-state index contributed by atoms with van der Waals surface area (Å²) in [5.41, 5.74) is 2.22. The summed E-state index contributed by atoms with van der Waals surface area (Å²) >= 11 is 13.6. The molecule has 4 nitrogen and oxygen atoms in total. The number of thiazole rings is 1. The number of para-hydroxylation sites is 2. The number of ether oxygens (including phenoxy) is 1. The van der Waals surface area contributed by atoms with Gasteiger partial charge < -0.3 is 4.74 Å². The maximum atomic E-state index is 14.1. The average molecular weight is 471 g/mol. The minimum atomic E-state index is -0.444. The Bertz CT molecular complexity index is 1540. The van der Waals surface area contributed by atoms with E-state index in [1.165, 1.54) is 23.5 Å². The first-order valence-corrected chi connectivity index (χ1v) is 10.9. The molecule has 2 aromatic heterocycles. The Hall–Kier alpha value is -2.93. The molecule has 5 rings (SSSR count). The van der Waals surface area contributed by atoms with Gasteiger partial charge in [0.2, 0.25) is 0 Å². The van der Waals surface area contributed by atoms with Crippen molar-refractivity contribution >= 4 is 56.6 Å². The van der Waals surface area contributed by atoms with E-state index in [1.807, 2.05) is 24.3 Å². The van der Waals surface area contributed by atoms with Crippen LogP contribution in [-0.2, 0) is 6.61 Å². The molecule has 2 heterocycles. The molecule has 0 saturated heterocycles. The first-order valence-electron chi connectivity index (χ1n) is 9.28. The highest BCUT2D eigenvalue weighted by atomic mass is 35.5. The van der Waals surface area contributed by atoms with Crippen LogP contribution in [0.1, 0.15) is 11.1 Å². The fourth-order valence-electron chi connectivity index (χ4n) is 3.34. The van der Waals surface area contributed by atoms with Crippen LogP contribution in [0.5, 0.6) is 5.75 Å². The van der Waals surface area contributed by atoms with Crippen molar-refractivity contribution in [3.05, 3.63) is 103 Å². The van der Waals surface area contributed by atoms with Gasteiger partial charge in [0.25, 0.3) is 5.56 Å². The average Bonchev–Trinajstić information content (AvgIpc) is 3.25. The molecule has 8 heteroatoms. The molecule has 0 amide bonds. The van der Waals surface area contributed by atoms with Crippen molar-refractivity contribution in [2.24, 2.45) is 0 Å². The third-order valence-electron chi connectivity index (χ3n) is 4.84. The summed E-state index contributed by atoms with van der Waals surface area (Å²) in [7, 11) is 0. The molecule has 0 aliphatic rings. The lowest BCUT2D eigenvalue weighted by Crippen LogP contribution is -2.22. The maximum absolute atomic E-state index is 14.1. The van der Waals surface area contributed by atoms with E-state index < -0.39 is 5.82 Å². The van der Waals surface area contributed by atoms with Crippen LogP contribution in [0.3, 0.4) is 0 Å². The van der Waals surface area contributed by atoms with E-state index in [9.17, 15) is 9.18 Å². The molecular weight excluding hydrogens is 458 g/mol. The summed E-state index contributed by atoms with van der Waals surface area (Å²) in [6, 6.07) is 17.0. The van der Waals surface area contributed by atoms with Crippen molar-refractivity contribution in [2.45, 2.75) is 6.61 Å². The molecule has 5 aromatic rings. The minimum Gasteiger partial charge on any atom is -0.488 e. The van der Waals surface area contributed by atoms with Crippen LogP contribution in [0.4, 0.5) is 4.39 Å². The van der Waals surface area contributed by atoms with Crippen LogP contribution < -0.4 is 14.8 Å². The second kappa shape index (κ2) is 7.96. The van der Waals surface area contributed by atoms with Crippen LogP contribution in [0.25, 0.3) is 22.1 Å². The number of halogens is 3. The fourth-order valence-corrected chi connectivity index (χ4v) is 4.71. The Labute approximate surface area is 189 Å². The lowest BCUT2D eigenvalue weighted by atomic mass is 10.2. The molecule has 154 valence electrons. The topological polar surface area (TPSA) is 43.6 Å². The molecule has 3 aromatic carbocycles. The number of imidazole rings is 1. The Morgan fingerprint density at radius 2 is 1.94 bits per heavy atom. The Morgan fingerprint density at radius 3 is 2.77 bits per heavy atom. The first kappa shape index (κ1) is 20.0. The van der Waals surface area contributed by atoms with Crippen LogP contribution in [0, 0.1) is 5.82 Å². The summed E-state index contributed by atoms with van der Waals surface area (Å²) < 4.78 is 22.0. The van der Waals surface area contributed by atoms with Crippen LogP contribution in [0.15, 0.2) is 65.5 Å². The van der Waals surface area contributed by atoms with Crippen LogP contribution in [0.2, 0.25) is 10.0 Å². The quantitative estimate of drug-likeness (QED) is 0.349. The molecule has 0 saturated carbocycles. The van der Waals surface area contributed by atoms with Gasteiger partial charge in [0.15, 0.2) is 4.96 Å². The second-order valence-electron chi connectivity index (χ2n) is 6.81. The summed E-state index contributed by atoms with van der Waals surface area (Å²) in [4.78, 5) is 18.2. The number of benzene rings is 3. The SMILES string of the molecule is O=c1c(=Cc2cc(Cl)ccc2OCc2c(F)cccc2Cl)sc2nc3ccccc3n12. The molecule has 0 aliphatic heterocycles. The van der Waals surface area contributed by atoms with Gasteiger partial charge in [-0.3, -0.25) is 4.79 Å². The van der Waals surface area contributed by atoms with Crippen molar-refractivity contribution in [3.8, 4) is 5.75 Å². The molecule has 0 atom stereocenters. The van der Waals surface area contributed by atoms with E-state index in [1.54, 1.807) is 34.7 Å². The molecule has 0 radical (unpaired) electrons. The zero-order valence-electron chi connectivity index (χ0n) is 15.8. The molecule has 0 N–H and O–H groups in total. The highest BCUT2D eigenvalue weighted by molar-refractivity contribution is 7.15. The van der Waals surface area contributed by atoms with Gasteiger partial charge in [0.1, 0.15) is 18.2 Å². The van der Waals surface area contributed by atoms with Crippen molar-refractivity contribution in [1.29, 1.82) is 0 Å². The predicted molar refractivity (Wildman–Crippen MR) is 123 cm³/mol. The Morgan fingerprint density at radius 1 is 1.10 bits per heavy atom. The smallest absolute Gasteiger partial charge is 0.274 e. The van der Waals surface area contributed by atoms with Gasteiger partial charge >= 0.3 is 0 Å². The van der Waals surface area contributed by atoms with E-state index in [0.29, 0.717) is 25.8 Å². The van der Waals surface area contributed by atoms with Gasteiger partial charge in [-0.2, -0.15) is 0 Å². The lowest BCUT2D eigenvalue weighted by molar-refractivity contribution is 0.299. The van der Waals surface area contributed by atoms with Gasteiger partial charge in [0, 0.05) is 16.1 Å². The van der Waals surface area contributed by atoms with Crippen molar-refractivity contribution in [3.63, 3.8) is 0 Å². The van der Waals surface area contributed by atoms with E-state index in [4.69, 9.17) is 27.9 Å². The lowest BCUT2D eigenvalue weighted by Gasteiger charge is -2.11. The number of nitrogens with zero attached hydrogens (tertiary/aromatic N) is 2. The molecular formula is C23H13Cl2FN2O2S. The highest BCUT2D eigenvalue weighted by Gasteiger charge is 2.13. The van der Waals surface area contributed by atoms with Gasteiger partial charge in [0.05, 0.1) is 20.6 Å². The number of rotatable bonds is 4. The minimum absolute atomic E-state index is 0.0589.